The molecule has 4 heteroatoms. The minimum Gasteiger partial charge on any atom is -0.444 e. The molecule has 19 heavy (non-hydrogen) atoms. The number of nitrogens with one attached hydrogen (secondary N) is 1. The highest BCUT2D eigenvalue weighted by molar-refractivity contribution is 5.99. The van der Waals surface area contributed by atoms with Crippen molar-refractivity contribution >= 4 is 33.6 Å². The number of ether oxygens (including phenoxy) is 1. The monoisotopic (exact) mass is 250 g/mol. The van der Waals surface area contributed by atoms with Gasteiger partial charge in [0.25, 0.3) is 0 Å². The van der Waals surface area contributed by atoms with Gasteiger partial charge in [0.15, 0.2) is 0 Å². The van der Waals surface area contributed by atoms with Crippen LogP contribution < -0.4 is 5.32 Å². The zero-order valence-electron chi connectivity index (χ0n) is 10.0. The van der Waals surface area contributed by atoms with E-state index in [2.05, 4.69) is 16.4 Å². The molecule has 4 nitrogen and oxygen atoms in total. The van der Waals surface area contributed by atoms with Gasteiger partial charge in [-0.25, -0.2) is 9.78 Å². The molecule has 1 aliphatic rings. The molecule has 0 atom stereocenters. The van der Waals surface area contributed by atoms with Crippen LogP contribution in [0.2, 0.25) is 0 Å². The Morgan fingerprint density at radius 2 is 2.00 bits per heavy atom. The van der Waals surface area contributed by atoms with Gasteiger partial charge >= 0.3 is 6.09 Å². The first kappa shape index (κ1) is 10.3. The molecule has 0 aliphatic carbocycles. The van der Waals surface area contributed by atoms with E-state index in [4.69, 9.17) is 4.74 Å². The van der Waals surface area contributed by atoms with Crippen molar-refractivity contribution in [3.05, 3.63) is 48.0 Å². The molecule has 0 saturated carbocycles. The maximum atomic E-state index is 11.2. The molecule has 3 aromatic rings. The maximum absolute atomic E-state index is 11.2. The number of amides is 1. The summed E-state index contributed by atoms with van der Waals surface area (Å²) in [5.41, 5.74) is 3.55. The lowest BCUT2D eigenvalue weighted by Crippen LogP contribution is -2.20. The summed E-state index contributed by atoms with van der Waals surface area (Å²) in [5, 5.41) is 4.86. The number of pyridine rings is 1. The number of benzene rings is 2. The number of para-hydroxylation sites is 1. The molecular formula is C15H10N2O2. The summed E-state index contributed by atoms with van der Waals surface area (Å²) in [6, 6.07) is 14.0. The van der Waals surface area contributed by atoms with Gasteiger partial charge in [-0.05, 0) is 18.2 Å². The number of rotatable bonds is 0. The molecule has 1 aromatic heterocycles. The molecule has 92 valence electrons. The Bertz CT molecular complexity index is 827. The summed E-state index contributed by atoms with van der Waals surface area (Å²) in [6.07, 6.45) is -0.410. The summed E-state index contributed by atoms with van der Waals surface area (Å²) < 4.78 is 5.03. The van der Waals surface area contributed by atoms with Crippen LogP contribution in [0.5, 0.6) is 0 Å². The van der Waals surface area contributed by atoms with Crippen molar-refractivity contribution in [2.45, 2.75) is 6.61 Å². The summed E-state index contributed by atoms with van der Waals surface area (Å²) >= 11 is 0. The maximum Gasteiger partial charge on any atom is 0.411 e. The molecule has 1 amide bonds. The van der Waals surface area contributed by atoms with E-state index in [1.165, 1.54) is 0 Å². The van der Waals surface area contributed by atoms with Gasteiger partial charge in [0.05, 0.1) is 16.7 Å². The Hall–Kier alpha value is -2.62. The number of carbonyl (C=O) groups excluding carboxylic acids is 1. The van der Waals surface area contributed by atoms with E-state index in [0.29, 0.717) is 0 Å². The lowest BCUT2D eigenvalue weighted by atomic mass is 10.0. The third kappa shape index (κ3) is 1.53. The van der Waals surface area contributed by atoms with E-state index in [0.717, 1.165) is 33.1 Å². The summed E-state index contributed by atoms with van der Waals surface area (Å²) in [4.78, 5) is 15.9. The molecule has 0 fully saturated rings. The van der Waals surface area contributed by atoms with Crippen LogP contribution >= 0.6 is 0 Å². The zero-order chi connectivity index (χ0) is 12.8. The molecule has 1 aliphatic heterocycles. The lowest BCUT2D eigenvalue weighted by molar-refractivity contribution is 0.152. The number of nitrogens with zero attached hydrogens (tertiary/aromatic N) is 1. The quantitative estimate of drug-likeness (QED) is 0.622. The number of anilines is 1. The Labute approximate surface area is 109 Å². The third-order valence-corrected chi connectivity index (χ3v) is 3.38. The Balaban J connectivity index is 2.07. The van der Waals surface area contributed by atoms with Crippen molar-refractivity contribution in [3.63, 3.8) is 0 Å². The molecule has 0 unspecified atom stereocenters. The number of cyclic esters (lactones) is 1. The fourth-order valence-electron chi connectivity index (χ4n) is 2.45. The predicted octanol–water partition coefficient (Wildman–Crippen LogP) is 3.45. The second-order valence-electron chi connectivity index (χ2n) is 4.55. The molecule has 0 saturated heterocycles. The van der Waals surface area contributed by atoms with Crippen molar-refractivity contribution < 1.29 is 9.53 Å². The molecule has 0 bridgehead atoms. The average Bonchev–Trinajstić information content (AvgIpc) is 2.44. The fourth-order valence-corrected chi connectivity index (χ4v) is 2.45. The first-order chi connectivity index (χ1) is 9.31. The summed E-state index contributed by atoms with van der Waals surface area (Å²) in [5.74, 6) is 0. The standard InChI is InChI=1S/C15H10N2O2/c18-15-17-13-6-5-10-7-9-3-1-2-4-12(9)16-14(10)11(13)8-19-15/h1-7H,8H2,(H,17,18). The second-order valence-corrected chi connectivity index (χ2v) is 4.55. The average molecular weight is 250 g/mol. The van der Waals surface area contributed by atoms with E-state index >= 15 is 0 Å². The molecule has 2 heterocycles. The van der Waals surface area contributed by atoms with Crippen molar-refractivity contribution in [1.82, 2.24) is 4.98 Å². The smallest absolute Gasteiger partial charge is 0.411 e. The predicted molar refractivity (Wildman–Crippen MR) is 73.1 cm³/mol. The van der Waals surface area contributed by atoms with E-state index < -0.39 is 6.09 Å². The van der Waals surface area contributed by atoms with Crippen LogP contribution in [-0.4, -0.2) is 11.1 Å². The number of carbonyl (C=O) groups is 1. The van der Waals surface area contributed by atoms with Crippen molar-refractivity contribution in [3.8, 4) is 0 Å². The van der Waals surface area contributed by atoms with Crippen LogP contribution in [0, 0.1) is 0 Å². The minimum atomic E-state index is -0.410. The summed E-state index contributed by atoms with van der Waals surface area (Å²) in [6.45, 7) is 0.268. The van der Waals surface area contributed by atoms with E-state index in [-0.39, 0.29) is 6.61 Å². The highest BCUT2D eigenvalue weighted by Crippen LogP contribution is 2.30. The molecule has 0 spiro atoms. The van der Waals surface area contributed by atoms with Gasteiger partial charge < -0.3 is 4.74 Å². The number of aromatic nitrogens is 1. The fraction of sp³-hybridized carbons (Fsp3) is 0.0667. The van der Waals surface area contributed by atoms with Crippen LogP contribution in [0.4, 0.5) is 10.5 Å². The van der Waals surface area contributed by atoms with E-state index in [1.807, 2.05) is 36.4 Å². The first-order valence-corrected chi connectivity index (χ1v) is 6.06. The van der Waals surface area contributed by atoms with Crippen LogP contribution in [0.1, 0.15) is 5.56 Å². The SMILES string of the molecule is O=C1Nc2ccc3cc4ccccc4nc3c2CO1. The number of fused-ring (bicyclic) bond motifs is 4. The topological polar surface area (TPSA) is 51.2 Å². The normalized spacial score (nSPS) is 14.0. The Morgan fingerprint density at radius 1 is 1.11 bits per heavy atom. The van der Waals surface area contributed by atoms with Crippen LogP contribution in [0.3, 0.4) is 0 Å². The van der Waals surface area contributed by atoms with Gasteiger partial charge in [-0.1, -0.05) is 24.3 Å². The minimum absolute atomic E-state index is 0.268. The van der Waals surface area contributed by atoms with Gasteiger partial charge in [0, 0.05) is 16.3 Å². The van der Waals surface area contributed by atoms with Crippen molar-refractivity contribution in [1.29, 1.82) is 0 Å². The van der Waals surface area contributed by atoms with Gasteiger partial charge in [0.2, 0.25) is 0 Å². The van der Waals surface area contributed by atoms with Gasteiger partial charge in [-0.3, -0.25) is 5.32 Å². The third-order valence-electron chi connectivity index (χ3n) is 3.38. The van der Waals surface area contributed by atoms with E-state index in [9.17, 15) is 4.79 Å². The van der Waals surface area contributed by atoms with Crippen LogP contribution in [0.15, 0.2) is 42.5 Å². The first-order valence-electron chi connectivity index (χ1n) is 6.06. The van der Waals surface area contributed by atoms with Crippen molar-refractivity contribution in [2.75, 3.05) is 5.32 Å². The Kier molecular flexibility index (Phi) is 2.00. The molecule has 0 radical (unpaired) electrons. The largest absolute Gasteiger partial charge is 0.444 e. The van der Waals surface area contributed by atoms with Crippen LogP contribution in [-0.2, 0) is 11.3 Å². The zero-order valence-corrected chi connectivity index (χ0v) is 10.0. The van der Waals surface area contributed by atoms with E-state index in [1.54, 1.807) is 0 Å². The number of hydrogen-bond acceptors (Lipinski definition) is 3. The highest BCUT2D eigenvalue weighted by atomic mass is 16.5. The highest BCUT2D eigenvalue weighted by Gasteiger charge is 2.18. The summed E-state index contributed by atoms with van der Waals surface area (Å²) in [7, 11) is 0. The van der Waals surface area contributed by atoms with Crippen LogP contribution in [0.25, 0.3) is 21.8 Å². The molecule has 2 aromatic carbocycles. The second kappa shape index (κ2) is 3.68. The molecule has 1 N–H and O–H groups in total. The Morgan fingerprint density at radius 3 is 2.95 bits per heavy atom. The molecular weight excluding hydrogens is 240 g/mol. The van der Waals surface area contributed by atoms with Crippen molar-refractivity contribution in [2.24, 2.45) is 0 Å². The van der Waals surface area contributed by atoms with Gasteiger partial charge in [-0.15, -0.1) is 0 Å². The number of hydrogen-bond donors (Lipinski definition) is 1. The van der Waals surface area contributed by atoms with Gasteiger partial charge in [-0.2, -0.15) is 0 Å². The van der Waals surface area contributed by atoms with Gasteiger partial charge in [0.1, 0.15) is 6.61 Å². The molecule has 4 rings (SSSR count). The lowest BCUT2D eigenvalue weighted by Gasteiger charge is -2.18.